The summed E-state index contributed by atoms with van der Waals surface area (Å²) in [5, 5.41) is 3.12. The van der Waals surface area contributed by atoms with Crippen molar-refractivity contribution in [2.45, 2.75) is 38.3 Å². The maximum absolute atomic E-state index is 12.3. The number of benzene rings is 1. The highest BCUT2D eigenvalue weighted by molar-refractivity contribution is 9.10. The second kappa shape index (κ2) is 7.80. The molecule has 0 bridgehead atoms. The van der Waals surface area contributed by atoms with Gasteiger partial charge in [-0.3, -0.25) is 4.79 Å². The number of hydrogen-bond acceptors (Lipinski definition) is 3. The molecule has 0 radical (unpaired) electrons. The minimum Gasteiger partial charge on any atom is -0.481 e. The number of likely N-dealkylation sites (tertiary alicyclic amines) is 1. The van der Waals surface area contributed by atoms with Crippen LogP contribution in [0.3, 0.4) is 0 Å². The van der Waals surface area contributed by atoms with Crippen molar-refractivity contribution in [1.29, 1.82) is 0 Å². The lowest BCUT2D eigenvalue weighted by Gasteiger charge is -2.30. The maximum atomic E-state index is 12.3. The van der Waals surface area contributed by atoms with Crippen LogP contribution < -0.4 is 10.1 Å². The maximum Gasteiger partial charge on any atom is 0.261 e. The van der Waals surface area contributed by atoms with E-state index in [1.165, 1.54) is 0 Å². The molecule has 21 heavy (non-hydrogen) atoms. The molecule has 1 N–H and O–H groups in total. The molecule has 1 fully saturated rings. The fraction of sp³-hybridized carbons (Fsp3) is 0.562. The van der Waals surface area contributed by atoms with E-state index < -0.39 is 6.10 Å². The highest BCUT2D eigenvalue weighted by Crippen LogP contribution is 2.18. The molecule has 0 saturated carbocycles. The first-order chi connectivity index (χ1) is 10.1. The van der Waals surface area contributed by atoms with Gasteiger partial charge >= 0.3 is 0 Å². The van der Waals surface area contributed by atoms with E-state index in [0.29, 0.717) is 6.42 Å². The van der Waals surface area contributed by atoms with Crippen LogP contribution in [0.25, 0.3) is 0 Å². The highest BCUT2D eigenvalue weighted by atomic mass is 79.9. The van der Waals surface area contributed by atoms with Gasteiger partial charge in [0, 0.05) is 10.5 Å². The van der Waals surface area contributed by atoms with E-state index in [4.69, 9.17) is 4.74 Å². The Morgan fingerprint density at radius 3 is 2.57 bits per heavy atom. The van der Waals surface area contributed by atoms with Crippen LogP contribution in [-0.2, 0) is 4.79 Å². The second-order valence-electron chi connectivity index (χ2n) is 5.55. The van der Waals surface area contributed by atoms with E-state index >= 15 is 0 Å². The molecule has 1 heterocycles. The van der Waals surface area contributed by atoms with Gasteiger partial charge in [-0.1, -0.05) is 22.9 Å². The molecule has 4 nitrogen and oxygen atoms in total. The van der Waals surface area contributed by atoms with Gasteiger partial charge in [0.1, 0.15) is 5.75 Å². The normalized spacial score (nSPS) is 18.2. The van der Waals surface area contributed by atoms with Crippen molar-refractivity contribution in [1.82, 2.24) is 10.2 Å². The summed E-state index contributed by atoms with van der Waals surface area (Å²) in [6.07, 6.45) is 2.26. The van der Waals surface area contributed by atoms with E-state index in [-0.39, 0.29) is 11.9 Å². The lowest BCUT2D eigenvalue weighted by atomic mass is 10.1. The Hall–Kier alpha value is -1.07. The number of nitrogens with one attached hydrogen (secondary N) is 1. The van der Waals surface area contributed by atoms with Crippen molar-refractivity contribution in [3.63, 3.8) is 0 Å². The number of amides is 1. The van der Waals surface area contributed by atoms with Crippen molar-refractivity contribution in [2.75, 3.05) is 20.1 Å². The Balaban J connectivity index is 1.87. The summed E-state index contributed by atoms with van der Waals surface area (Å²) in [5.41, 5.74) is 0. The smallest absolute Gasteiger partial charge is 0.261 e. The number of carbonyl (C=O) groups excluding carboxylic acids is 1. The molecule has 1 saturated heterocycles. The summed E-state index contributed by atoms with van der Waals surface area (Å²) in [4.78, 5) is 14.6. The van der Waals surface area contributed by atoms with Crippen molar-refractivity contribution in [3.05, 3.63) is 28.7 Å². The van der Waals surface area contributed by atoms with Crippen LogP contribution in [0, 0.1) is 0 Å². The Labute approximate surface area is 135 Å². The second-order valence-corrected chi connectivity index (χ2v) is 6.47. The Morgan fingerprint density at radius 2 is 2.00 bits per heavy atom. The van der Waals surface area contributed by atoms with Crippen LogP contribution in [0.1, 0.15) is 26.2 Å². The first-order valence-electron chi connectivity index (χ1n) is 7.49. The topological polar surface area (TPSA) is 41.6 Å². The van der Waals surface area contributed by atoms with E-state index in [0.717, 1.165) is 36.2 Å². The summed E-state index contributed by atoms with van der Waals surface area (Å²) < 4.78 is 6.80. The fourth-order valence-electron chi connectivity index (χ4n) is 2.45. The number of hydrogen-bond donors (Lipinski definition) is 1. The minimum absolute atomic E-state index is 0.00466. The average molecular weight is 355 g/mol. The van der Waals surface area contributed by atoms with Crippen LogP contribution in [0.4, 0.5) is 0 Å². The first kappa shape index (κ1) is 16.3. The average Bonchev–Trinajstić information content (AvgIpc) is 2.49. The molecular weight excluding hydrogens is 332 g/mol. The van der Waals surface area contributed by atoms with Crippen molar-refractivity contribution in [2.24, 2.45) is 0 Å². The van der Waals surface area contributed by atoms with Crippen molar-refractivity contribution >= 4 is 21.8 Å². The van der Waals surface area contributed by atoms with Crippen LogP contribution in [0.15, 0.2) is 28.7 Å². The predicted octanol–water partition coefficient (Wildman–Crippen LogP) is 2.82. The summed E-state index contributed by atoms with van der Waals surface area (Å²) in [6.45, 7) is 4.04. The largest absolute Gasteiger partial charge is 0.481 e. The molecule has 1 aromatic carbocycles. The molecule has 1 aliphatic rings. The minimum atomic E-state index is -0.425. The lowest BCUT2D eigenvalue weighted by Crippen LogP contribution is -2.47. The molecular formula is C16H23BrN2O2. The van der Waals surface area contributed by atoms with Crippen LogP contribution in [0.2, 0.25) is 0 Å². The number of piperidine rings is 1. The van der Waals surface area contributed by atoms with E-state index in [1.54, 1.807) is 0 Å². The summed E-state index contributed by atoms with van der Waals surface area (Å²) in [5.74, 6) is 0.721. The van der Waals surface area contributed by atoms with Gasteiger partial charge in [0.25, 0.3) is 5.91 Å². The highest BCUT2D eigenvalue weighted by Gasteiger charge is 2.23. The van der Waals surface area contributed by atoms with Gasteiger partial charge < -0.3 is 15.0 Å². The summed E-state index contributed by atoms with van der Waals surface area (Å²) >= 11 is 3.39. The van der Waals surface area contributed by atoms with Crippen molar-refractivity contribution in [3.8, 4) is 5.75 Å². The molecule has 0 aliphatic carbocycles. The third-order valence-corrected chi connectivity index (χ3v) is 4.35. The van der Waals surface area contributed by atoms with Gasteiger partial charge in [0.2, 0.25) is 0 Å². The van der Waals surface area contributed by atoms with E-state index in [1.807, 2.05) is 31.2 Å². The Morgan fingerprint density at radius 1 is 1.38 bits per heavy atom. The molecule has 116 valence electrons. The summed E-state index contributed by atoms with van der Waals surface area (Å²) in [7, 11) is 2.11. The zero-order valence-electron chi connectivity index (χ0n) is 12.6. The quantitative estimate of drug-likeness (QED) is 0.883. The van der Waals surface area contributed by atoms with E-state index in [2.05, 4.69) is 33.2 Å². The molecule has 0 spiro atoms. The summed E-state index contributed by atoms with van der Waals surface area (Å²) in [6, 6.07) is 7.84. The number of rotatable bonds is 5. The van der Waals surface area contributed by atoms with Gasteiger partial charge in [-0.15, -0.1) is 0 Å². The van der Waals surface area contributed by atoms with Gasteiger partial charge in [-0.25, -0.2) is 0 Å². The van der Waals surface area contributed by atoms with E-state index in [9.17, 15) is 4.79 Å². The van der Waals surface area contributed by atoms with Gasteiger partial charge in [0.15, 0.2) is 6.10 Å². The predicted molar refractivity (Wildman–Crippen MR) is 87.5 cm³/mol. The Bertz CT molecular complexity index is 456. The SMILES string of the molecule is CC[C@H](Oc1ccc(Br)cc1)C(=O)NC1CCN(C)CC1. The Kier molecular flexibility index (Phi) is 6.06. The third-order valence-electron chi connectivity index (χ3n) is 3.82. The van der Waals surface area contributed by atoms with Crippen LogP contribution >= 0.6 is 15.9 Å². The van der Waals surface area contributed by atoms with Gasteiger partial charge in [-0.05, 0) is 63.7 Å². The van der Waals surface area contributed by atoms with Crippen molar-refractivity contribution < 1.29 is 9.53 Å². The van der Waals surface area contributed by atoms with Crippen LogP contribution in [-0.4, -0.2) is 43.1 Å². The molecule has 0 aromatic heterocycles. The number of nitrogens with zero attached hydrogens (tertiary/aromatic N) is 1. The molecule has 1 aromatic rings. The number of halogens is 1. The fourth-order valence-corrected chi connectivity index (χ4v) is 2.71. The number of carbonyl (C=O) groups is 1. The molecule has 5 heteroatoms. The molecule has 1 aliphatic heterocycles. The van der Waals surface area contributed by atoms with Gasteiger partial charge in [0.05, 0.1) is 0 Å². The zero-order chi connectivity index (χ0) is 15.2. The zero-order valence-corrected chi connectivity index (χ0v) is 14.2. The molecule has 0 unspecified atom stereocenters. The molecule has 1 atom stereocenters. The van der Waals surface area contributed by atoms with Crippen LogP contribution in [0.5, 0.6) is 5.75 Å². The molecule has 1 amide bonds. The third kappa shape index (κ3) is 5.00. The first-order valence-corrected chi connectivity index (χ1v) is 8.29. The molecule has 2 rings (SSSR count). The van der Waals surface area contributed by atoms with Gasteiger partial charge in [-0.2, -0.15) is 0 Å². The lowest BCUT2D eigenvalue weighted by molar-refractivity contribution is -0.129. The standard InChI is InChI=1S/C16H23BrN2O2/c1-3-15(21-14-6-4-12(17)5-7-14)16(20)18-13-8-10-19(2)11-9-13/h4-7,13,15H,3,8-11H2,1-2H3,(H,18,20)/t15-/m0/s1. The number of ether oxygens (including phenoxy) is 1. The monoisotopic (exact) mass is 354 g/mol.